The molecule has 0 amide bonds. The smallest absolute Gasteiger partial charge is 0.132 e. The van der Waals surface area contributed by atoms with Crippen molar-refractivity contribution in [2.24, 2.45) is 0 Å². The largest absolute Gasteiger partial charge is 0.300 e. The second-order valence-electron chi connectivity index (χ2n) is 7.97. The number of hydrazine groups is 2. The number of hydrogen-bond donors (Lipinski definition) is 3. The van der Waals surface area contributed by atoms with E-state index in [1.54, 1.807) is 0 Å². The highest BCUT2D eigenvalue weighted by atomic mass is 16.1. The van der Waals surface area contributed by atoms with Gasteiger partial charge in [-0.25, -0.2) is 10.9 Å². The number of Topliss-reactive ketones (excluding diaryl/α,β-unsaturated/α-hetero) is 1. The molecule has 29 heavy (non-hydrogen) atoms. The molecule has 0 aliphatic carbocycles. The predicted molar refractivity (Wildman–Crippen MR) is 119 cm³/mol. The lowest BCUT2D eigenvalue weighted by molar-refractivity contribution is -0.119. The number of aryl methyl sites for hydroxylation is 2. The summed E-state index contributed by atoms with van der Waals surface area (Å²) in [7, 11) is 0. The first kappa shape index (κ1) is 21.7. The van der Waals surface area contributed by atoms with Gasteiger partial charge in [-0.1, -0.05) is 75.2 Å². The number of rotatable bonds is 11. The average molecular weight is 394 g/mol. The van der Waals surface area contributed by atoms with E-state index in [0.717, 1.165) is 38.5 Å². The zero-order valence-corrected chi connectivity index (χ0v) is 17.8. The second kappa shape index (κ2) is 11.2. The third-order valence-electron chi connectivity index (χ3n) is 5.91. The number of carbonyl (C=O) groups excluding carboxylic acids is 1. The number of hydrogen-bond acceptors (Lipinski definition) is 4. The molecule has 3 rings (SSSR count). The standard InChI is InChI=1S/C25H35N3O/c1-3-5-6-15-21(29)16-11-14-20-13-8-10-18-23(20)25-24(26-28-27-25)22-17-9-7-12-19(22)4-2/h7-10,12-13,17-18,24-28H,3-6,11,14-16H2,1-2H3. The molecule has 1 aliphatic rings. The molecule has 0 bridgehead atoms. The van der Waals surface area contributed by atoms with Gasteiger partial charge >= 0.3 is 0 Å². The Bertz CT molecular complexity index is 789. The van der Waals surface area contributed by atoms with E-state index < -0.39 is 0 Å². The Balaban J connectivity index is 1.68. The SMILES string of the molecule is CCCCCC(=O)CCCc1ccccc1C1NNNC1c1ccccc1CC. The molecule has 0 aromatic heterocycles. The molecule has 2 unspecified atom stereocenters. The van der Waals surface area contributed by atoms with Gasteiger partial charge in [0.1, 0.15) is 5.78 Å². The van der Waals surface area contributed by atoms with Crippen LogP contribution in [0, 0.1) is 0 Å². The van der Waals surface area contributed by atoms with Gasteiger partial charge in [0.05, 0.1) is 12.1 Å². The van der Waals surface area contributed by atoms with Crippen LogP contribution in [0.1, 0.15) is 86.7 Å². The monoisotopic (exact) mass is 393 g/mol. The molecule has 3 N–H and O–H groups in total. The van der Waals surface area contributed by atoms with Crippen LogP contribution in [0.3, 0.4) is 0 Å². The fourth-order valence-corrected chi connectivity index (χ4v) is 4.28. The summed E-state index contributed by atoms with van der Waals surface area (Å²) in [6, 6.07) is 17.6. The van der Waals surface area contributed by atoms with E-state index in [1.807, 2.05) is 0 Å². The van der Waals surface area contributed by atoms with Gasteiger partial charge in [0.15, 0.2) is 0 Å². The van der Waals surface area contributed by atoms with Crippen molar-refractivity contribution in [3.8, 4) is 0 Å². The summed E-state index contributed by atoms with van der Waals surface area (Å²) in [6.45, 7) is 4.38. The maximum atomic E-state index is 12.1. The van der Waals surface area contributed by atoms with Gasteiger partial charge in [-0.15, -0.1) is 0 Å². The van der Waals surface area contributed by atoms with Crippen molar-refractivity contribution < 1.29 is 4.79 Å². The lowest BCUT2D eigenvalue weighted by Crippen LogP contribution is -2.31. The van der Waals surface area contributed by atoms with Crippen LogP contribution in [0.4, 0.5) is 0 Å². The Kier molecular flexibility index (Phi) is 8.41. The minimum absolute atomic E-state index is 0.152. The van der Waals surface area contributed by atoms with Gasteiger partial charge in [0, 0.05) is 12.8 Å². The molecular weight excluding hydrogens is 358 g/mol. The van der Waals surface area contributed by atoms with Crippen LogP contribution in [0.25, 0.3) is 0 Å². The molecule has 2 atom stereocenters. The Morgan fingerprint density at radius 1 is 0.793 bits per heavy atom. The Morgan fingerprint density at radius 2 is 1.38 bits per heavy atom. The summed E-state index contributed by atoms with van der Waals surface area (Å²) in [6.07, 6.45) is 7.67. The van der Waals surface area contributed by atoms with Crippen molar-refractivity contribution in [2.75, 3.05) is 0 Å². The maximum absolute atomic E-state index is 12.1. The lowest BCUT2D eigenvalue weighted by Gasteiger charge is -2.23. The van der Waals surface area contributed by atoms with Crippen LogP contribution in [-0.4, -0.2) is 5.78 Å². The first-order chi connectivity index (χ1) is 14.2. The van der Waals surface area contributed by atoms with Crippen molar-refractivity contribution in [1.29, 1.82) is 0 Å². The Hall–Kier alpha value is -2.01. The van der Waals surface area contributed by atoms with E-state index >= 15 is 0 Å². The minimum atomic E-state index is 0.152. The van der Waals surface area contributed by atoms with Crippen LogP contribution in [0.5, 0.6) is 0 Å². The van der Waals surface area contributed by atoms with Crippen molar-refractivity contribution >= 4 is 5.78 Å². The van der Waals surface area contributed by atoms with Gasteiger partial charge < -0.3 is 0 Å². The summed E-state index contributed by atoms with van der Waals surface area (Å²) < 4.78 is 0. The molecule has 1 saturated heterocycles. The van der Waals surface area contributed by atoms with Crippen LogP contribution in [0.2, 0.25) is 0 Å². The highest BCUT2D eigenvalue weighted by molar-refractivity contribution is 5.78. The molecule has 4 heteroatoms. The van der Waals surface area contributed by atoms with Crippen LogP contribution in [0.15, 0.2) is 48.5 Å². The fourth-order valence-electron chi connectivity index (χ4n) is 4.28. The topological polar surface area (TPSA) is 53.2 Å². The van der Waals surface area contributed by atoms with E-state index in [0.29, 0.717) is 12.2 Å². The summed E-state index contributed by atoms with van der Waals surface area (Å²) in [5.74, 6) is 0.410. The number of ketones is 1. The molecule has 0 spiro atoms. The van der Waals surface area contributed by atoms with E-state index in [4.69, 9.17) is 0 Å². The highest BCUT2D eigenvalue weighted by Crippen LogP contribution is 2.34. The van der Waals surface area contributed by atoms with Gasteiger partial charge in [-0.2, -0.15) is 5.53 Å². The van der Waals surface area contributed by atoms with Crippen LogP contribution < -0.4 is 16.4 Å². The third kappa shape index (κ3) is 5.75. The van der Waals surface area contributed by atoms with Gasteiger partial charge in [0.25, 0.3) is 0 Å². The molecule has 156 valence electrons. The molecule has 1 fully saturated rings. The zero-order valence-electron chi connectivity index (χ0n) is 17.8. The fraction of sp³-hybridized carbons (Fsp3) is 0.480. The number of unbranched alkanes of at least 4 members (excludes halogenated alkanes) is 2. The maximum Gasteiger partial charge on any atom is 0.132 e. The van der Waals surface area contributed by atoms with Crippen molar-refractivity contribution in [1.82, 2.24) is 16.4 Å². The Labute approximate surface area is 175 Å². The predicted octanol–water partition coefficient (Wildman–Crippen LogP) is 5.12. The summed E-state index contributed by atoms with van der Waals surface area (Å²) in [5.41, 5.74) is 15.3. The molecule has 1 aliphatic heterocycles. The quantitative estimate of drug-likeness (QED) is 0.464. The van der Waals surface area contributed by atoms with E-state index in [-0.39, 0.29) is 12.1 Å². The molecular formula is C25H35N3O. The number of carbonyl (C=O) groups is 1. The first-order valence-corrected chi connectivity index (χ1v) is 11.2. The third-order valence-corrected chi connectivity index (χ3v) is 5.91. The van der Waals surface area contributed by atoms with Gasteiger partial charge in [-0.3, -0.25) is 4.79 Å². The second-order valence-corrected chi connectivity index (χ2v) is 7.97. The minimum Gasteiger partial charge on any atom is -0.300 e. The molecule has 2 aromatic carbocycles. The molecule has 2 aromatic rings. The van der Waals surface area contributed by atoms with E-state index in [9.17, 15) is 4.79 Å². The number of nitrogens with one attached hydrogen (secondary N) is 3. The Morgan fingerprint density at radius 3 is 2.03 bits per heavy atom. The van der Waals surface area contributed by atoms with E-state index in [2.05, 4.69) is 78.8 Å². The normalized spacial score (nSPS) is 18.8. The zero-order chi connectivity index (χ0) is 20.5. The molecule has 4 nitrogen and oxygen atoms in total. The number of benzene rings is 2. The van der Waals surface area contributed by atoms with E-state index in [1.165, 1.54) is 28.7 Å². The van der Waals surface area contributed by atoms with Crippen molar-refractivity contribution in [3.63, 3.8) is 0 Å². The summed E-state index contributed by atoms with van der Waals surface area (Å²) >= 11 is 0. The summed E-state index contributed by atoms with van der Waals surface area (Å²) in [5, 5.41) is 0. The molecule has 0 radical (unpaired) electrons. The highest BCUT2D eigenvalue weighted by Gasteiger charge is 2.31. The average Bonchev–Trinajstić information content (AvgIpc) is 3.24. The molecule has 0 saturated carbocycles. The lowest BCUT2D eigenvalue weighted by atomic mass is 9.87. The summed E-state index contributed by atoms with van der Waals surface area (Å²) in [4.78, 5) is 12.1. The van der Waals surface area contributed by atoms with Crippen LogP contribution >= 0.6 is 0 Å². The van der Waals surface area contributed by atoms with Gasteiger partial charge in [0.2, 0.25) is 0 Å². The van der Waals surface area contributed by atoms with Crippen LogP contribution in [-0.2, 0) is 17.6 Å². The first-order valence-electron chi connectivity index (χ1n) is 11.2. The van der Waals surface area contributed by atoms with Gasteiger partial charge in [-0.05, 0) is 47.9 Å². The van der Waals surface area contributed by atoms with Crippen molar-refractivity contribution in [2.45, 2.75) is 77.3 Å². The molecule has 1 heterocycles. The van der Waals surface area contributed by atoms with Crippen molar-refractivity contribution in [3.05, 3.63) is 70.8 Å².